The van der Waals surface area contributed by atoms with Gasteiger partial charge in [-0.1, -0.05) is 36.4 Å². The van der Waals surface area contributed by atoms with Crippen LogP contribution in [0.2, 0.25) is 0 Å². The predicted molar refractivity (Wildman–Crippen MR) is 127 cm³/mol. The van der Waals surface area contributed by atoms with Crippen molar-refractivity contribution in [1.29, 1.82) is 0 Å². The van der Waals surface area contributed by atoms with E-state index < -0.39 is 18.5 Å². The van der Waals surface area contributed by atoms with Crippen LogP contribution in [-0.2, 0) is 14.3 Å². The van der Waals surface area contributed by atoms with E-state index in [9.17, 15) is 14.4 Å². The van der Waals surface area contributed by atoms with Crippen LogP contribution in [0.15, 0.2) is 78.9 Å². The first-order chi connectivity index (χ1) is 16.4. The minimum Gasteiger partial charge on any atom is -0.497 e. The zero-order valence-electron chi connectivity index (χ0n) is 18.9. The van der Waals surface area contributed by atoms with Gasteiger partial charge in [-0.25, -0.2) is 4.79 Å². The molecular formula is C26H26N2O6. The van der Waals surface area contributed by atoms with Gasteiger partial charge in [-0.15, -0.1) is 0 Å². The summed E-state index contributed by atoms with van der Waals surface area (Å²) in [5.41, 5.74) is 1.81. The van der Waals surface area contributed by atoms with Crippen molar-refractivity contribution in [2.24, 2.45) is 0 Å². The Balaban J connectivity index is 1.42. The molecule has 3 aromatic carbocycles. The van der Waals surface area contributed by atoms with Gasteiger partial charge in [0.1, 0.15) is 11.5 Å². The summed E-state index contributed by atoms with van der Waals surface area (Å²) in [6.07, 6.45) is 0. The van der Waals surface area contributed by atoms with Gasteiger partial charge in [0.25, 0.3) is 11.8 Å². The molecule has 0 saturated carbocycles. The first-order valence-electron chi connectivity index (χ1n) is 10.6. The van der Waals surface area contributed by atoms with Gasteiger partial charge < -0.3 is 24.8 Å². The molecule has 176 valence electrons. The number of anilines is 1. The van der Waals surface area contributed by atoms with Crippen LogP contribution in [0.3, 0.4) is 0 Å². The zero-order chi connectivity index (χ0) is 24.3. The van der Waals surface area contributed by atoms with Gasteiger partial charge in [-0.2, -0.15) is 0 Å². The molecule has 0 heterocycles. The number of esters is 1. The molecule has 0 aliphatic carbocycles. The lowest BCUT2D eigenvalue weighted by Gasteiger charge is -2.14. The number of nitrogens with one attached hydrogen (secondary N) is 2. The third kappa shape index (κ3) is 7.37. The Kier molecular flexibility index (Phi) is 8.62. The van der Waals surface area contributed by atoms with Gasteiger partial charge in [0.05, 0.1) is 18.7 Å². The molecular weight excluding hydrogens is 436 g/mol. The van der Waals surface area contributed by atoms with E-state index >= 15 is 0 Å². The van der Waals surface area contributed by atoms with Gasteiger partial charge in [0.15, 0.2) is 13.2 Å². The van der Waals surface area contributed by atoms with Gasteiger partial charge in [0, 0.05) is 11.8 Å². The highest BCUT2D eigenvalue weighted by Crippen LogP contribution is 2.17. The smallest absolute Gasteiger partial charge is 0.338 e. The van der Waals surface area contributed by atoms with Crippen molar-refractivity contribution in [1.82, 2.24) is 5.32 Å². The van der Waals surface area contributed by atoms with Crippen molar-refractivity contribution >= 4 is 23.5 Å². The summed E-state index contributed by atoms with van der Waals surface area (Å²) in [7, 11) is 1.55. The van der Waals surface area contributed by atoms with Crippen molar-refractivity contribution in [3.8, 4) is 11.5 Å². The molecule has 0 bridgehead atoms. The molecule has 2 amide bonds. The van der Waals surface area contributed by atoms with Gasteiger partial charge in [-0.05, 0) is 48.9 Å². The van der Waals surface area contributed by atoms with E-state index in [0.29, 0.717) is 17.2 Å². The van der Waals surface area contributed by atoms with Gasteiger partial charge in [-0.3, -0.25) is 9.59 Å². The average molecular weight is 463 g/mol. The van der Waals surface area contributed by atoms with Crippen LogP contribution < -0.4 is 20.1 Å². The fourth-order valence-corrected chi connectivity index (χ4v) is 3.06. The van der Waals surface area contributed by atoms with E-state index in [1.807, 2.05) is 37.3 Å². The van der Waals surface area contributed by atoms with E-state index in [0.717, 1.165) is 5.56 Å². The Morgan fingerprint density at radius 3 is 2.26 bits per heavy atom. The SMILES string of the molecule is COc1cccc(NC(=O)COc2ccc(C(=O)OCC(=O)N[C@@H](C)c3ccccc3)cc2)c1. The largest absolute Gasteiger partial charge is 0.497 e. The van der Waals surface area contributed by atoms with E-state index in [-0.39, 0.29) is 24.1 Å². The van der Waals surface area contributed by atoms with E-state index in [2.05, 4.69) is 10.6 Å². The van der Waals surface area contributed by atoms with Crippen molar-refractivity contribution in [2.45, 2.75) is 13.0 Å². The van der Waals surface area contributed by atoms with Gasteiger partial charge in [0.2, 0.25) is 0 Å². The standard InChI is InChI=1S/C26H26N2O6/c1-18(19-7-4-3-5-8-19)27-24(29)17-34-26(31)20-11-13-22(14-12-20)33-16-25(30)28-21-9-6-10-23(15-21)32-2/h3-15,18H,16-17H2,1-2H3,(H,27,29)(H,28,30)/t18-/m0/s1. The molecule has 3 rings (SSSR count). The second-order valence-corrected chi connectivity index (χ2v) is 7.37. The Labute approximate surface area is 197 Å². The maximum absolute atomic E-state index is 12.2. The molecule has 3 aromatic rings. The number of carbonyl (C=O) groups is 3. The minimum atomic E-state index is -0.634. The average Bonchev–Trinajstić information content (AvgIpc) is 2.87. The van der Waals surface area contributed by atoms with Crippen LogP contribution in [0.5, 0.6) is 11.5 Å². The summed E-state index contributed by atoms with van der Waals surface area (Å²) in [5, 5.41) is 5.49. The van der Waals surface area contributed by atoms with E-state index in [4.69, 9.17) is 14.2 Å². The molecule has 2 N–H and O–H groups in total. The molecule has 0 aromatic heterocycles. The molecule has 1 atom stereocenters. The predicted octanol–water partition coefficient (Wildman–Crippen LogP) is 3.75. The Morgan fingerprint density at radius 2 is 1.56 bits per heavy atom. The Hall–Kier alpha value is -4.33. The summed E-state index contributed by atoms with van der Waals surface area (Å²) < 4.78 is 15.7. The monoisotopic (exact) mass is 462 g/mol. The van der Waals surface area contributed by atoms with Crippen LogP contribution in [-0.4, -0.2) is 38.1 Å². The number of carbonyl (C=O) groups excluding carboxylic acids is 3. The topological polar surface area (TPSA) is 103 Å². The third-order valence-electron chi connectivity index (χ3n) is 4.82. The third-order valence-corrected chi connectivity index (χ3v) is 4.82. The molecule has 0 unspecified atom stereocenters. The first kappa shape index (κ1) is 24.3. The molecule has 34 heavy (non-hydrogen) atoms. The van der Waals surface area contributed by atoms with Crippen LogP contribution in [0.4, 0.5) is 5.69 Å². The maximum atomic E-state index is 12.2. The summed E-state index contributed by atoms with van der Waals surface area (Å²) >= 11 is 0. The fourth-order valence-electron chi connectivity index (χ4n) is 3.06. The summed E-state index contributed by atoms with van der Waals surface area (Å²) in [6.45, 7) is 1.25. The number of hydrogen-bond acceptors (Lipinski definition) is 6. The Morgan fingerprint density at radius 1 is 0.824 bits per heavy atom. The second-order valence-electron chi connectivity index (χ2n) is 7.37. The normalized spacial score (nSPS) is 11.1. The number of methoxy groups -OCH3 is 1. The zero-order valence-corrected chi connectivity index (χ0v) is 18.9. The fraction of sp³-hybridized carbons (Fsp3) is 0.192. The Bertz CT molecular complexity index is 1120. The van der Waals surface area contributed by atoms with Gasteiger partial charge >= 0.3 is 5.97 Å². The van der Waals surface area contributed by atoms with Crippen LogP contribution in [0.25, 0.3) is 0 Å². The van der Waals surface area contributed by atoms with Crippen LogP contribution in [0, 0.1) is 0 Å². The van der Waals surface area contributed by atoms with Crippen LogP contribution >= 0.6 is 0 Å². The summed E-state index contributed by atoms with van der Waals surface area (Å²) in [6, 6.07) is 22.4. The number of ether oxygens (including phenoxy) is 3. The van der Waals surface area contributed by atoms with E-state index in [1.165, 1.54) is 12.1 Å². The number of amides is 2. The highest BCUT2D eigenvalue weighted by molar-refractivity contribution is 5.92. The first-order valence-corrected chi connectivity index (χ1v) is 10.6. The van der Waals surface area contributed by atoms with Crippen molar-refractivity contribution < 1.29 is 28.6 Å². The number of rotatable bonds is 10. The maximum Gasteiger partial charge on any atom is 0.338 e. The molecule has 8 heteroatoms. The van der Waals surface area contributed by atoms with Crippen molar-refractivity contribution in [2.75, 3.05) is 25.6 Å². The molecule has 0 saturated heterocycles. The lowest BCUT2D eigenvalue weighted by Crippen LogP contribution is -2.31. The molecule has 0 spiro atoms. The summed E-state index contributed by atoms with van der Waals surface area (Å²) in [5.74, 6) is -0.333. The molecule has 0 aliphatic rings. The quantitative estimate of drug-likeness (QED) is 0.445. The molecule has 0 aliphatic heterocycles. The molecule has 0 radical (unpaired) electrons. The summed E-state index contributed by atoms with van der Waals surface area (Å²) in [4.78, 5) is 36.4. The van der Waals surface area contributed by atoms with Crippen molar-refractivity contribution in [3.63, 3.8) is 0 Å². The molecule has 8 nitrogen and oxygen atoms in total. The number of benzene rings is 3. The lowest BCUT2D eigenvalue weighted by atomic mass is 10.1. The number of hydrogen-bond donors (Lipinski definition) is 2. The molecule has 0 fully saturated rings. The lowest BCUT2D eigenvalue weighted by molar-refractivity contribution is -0.124. The van der Waals surface area contributed by atoms with E-state index in [1.54, 1.807) is 43.5 Å². The van der Waals surface area contributed by atoms with Crippen molar-refractivity contribution in [3.05, 3.63) is 90.0 Å². The van der Waals surface area contributed by atoms with Crippen LogP contribution in [0.1, 0.15) is 28.9 Å². The highest BCUT2D eigenvalue weighted by atomic mass is 16.5. The minimum absolute atomic E-state index is 0.204. The second kappa shape index (κ2) is 12.1. The highest BCUT2D eigenvalue weighted by Gasteiger charge is 2.13.